The Morgan fingerprint density at radius 2 is 1.95 bits per heavy atom. The van der Waals surface area contributed by atoms with Gasteiger partial charge < -0.3 is 20.3 Å². The Morgan fingerprint density at radius 3 is 2.51 bits per heavy atom. The summed E-state index contributed by atoms with van der Waals surface area (Å²) in [4.78, 5) is -0.00188. The highest BCUT2D eigenvalue weighted by Crippen LogP contribution is 2.32. The third-order valence-electron chi connectivity index (χ3n) is 6.19. The van der Waals surface area contributed by atoms with Crippen molar-refractivity contribution in [1.82, 2.24) is 10.0 Å². The number of halogens is 2. The Morgan fingerprint density at radius 1 is 1.27 bits per heavy atom. The summed E-state index contributed by atoms with van der Waals surface area (Å²) in [5.41, 5.74) is 6.78. The van der Waals surface area contributed by atoms with Crippen LogP contribution in [0.3, 0.4) is 0 Å². The van der Waals surface area contributed by atoms with Crippen LogP contribution in [0.4, 0.5) is 0 Å². The lowest BCUT2D eigenvalue weighted by atomic mass is 9.79. The van der Waals surface area contributed by atoms with E-state index in [0.29, 0.717) is 12.2 Å². The van der Waals surface area contributed by atoms with Crippen LogP contribution in [0.5, 0.6) is 11.5 Å². The first-order valence-corrected chi connectivity index (χ1v) is 13.5. The highest BCUT2D eigenvalue weighted by Gasteiger charge is 2.37. The SMILES string of the molecule is COc1ccc(C(C[C@@H](O)COc2cccc(S(=O)(=O)NC3CNC(C#N)C3Cl)c2)C(C)(C)N)cc1.Cl. The molecular weight excluding hydrogens is 539 g/mol. The second-order valence-electron chi connectivity index (χ2n) is 9.51. The number of hydrogen-bond acceptors (Lipinski definition) is 8. The predicted molar refractivity (Wildman–Crippen MR) is 145 cm³/mol. The molecule has 0 radical (unpaired) electrons. The Labute approximate surface area is 229 Å². The molecule has 0 aliphatic carbocycles. The lowest BCUT2D eigenvalue weighted by Gasteiger charge is -2.32. The van der Waals surface area contributed by atoms with E-state index in [1.165, 1.54) is 12.1 Å². The van der Waals surface area contributed by atoms with Gasteiger partial charge >= 0.3 is 0 Å². The smallest absolute Gasteiger partial charge is 0.241 e. The van der Waals surface area contributed by atoms with E-state index in [-0.39, 0.29) is 36.4 Å². The van der Waals surface area contributed by atoms with Crippen molar-refractivity contribution in [3.63, 3.8) is 0 Å². The first-order valence-electron chi connectivity index (χ1n) is 11.6. The third kappa shape index (κ3) is 8.19. The van der Waals surface area contributed by atoms with Gasteiger partial charge in [-0.15, -0.1) is 24.0 Å². The number of methoxy groups -OCH3 is 1. The van der Waals surface area contributed by atoms with Gasteiger partial charge in [-0.2, -0.15) is 5.26 Å². The molecule has 0 spiro atoms. The minimum Gasteiger partial charge on any atom is -0.497 e. The maximum absolute atomic E-state index is 12.9. The minimum atomic E-state index is -3.90. The van der Waals surface area contributed by atoms with E-state index in [1.54, 1.807) is 19.2 Å². The molecule has 3 rings (SSSR count). The Kier molecular flexibility index (Phi) is 11.0. The van der Waals surface area contributed by atoms with Crippen molar-refractivity contribution in [2.75, 3.05) is 20.3 Å². The summed E-state index contributed by atoms with van der Waals surface area (Å²) in [5, 5.41) is 22.0. The van der Waals surface area contributed by atoms with Crippen LogP contribution in [0.25, 0.3) is 0 Å². The molecule has 37 heavy (non-hydrogen) atoms. The molecule has 2 aromatic rings. The maximum atomic E-state index is 12.9. The molecule has 12 heteroatoms. The summed E-state index contributed by atoms with van der Waals surface area (Å²) in [6.45, 7) is 4.02. The number of ether oxygens (including phenoxy) is 2. The monoisotopic (exact) mass is 572 g/mol. The number of aliphatic hydroxyl groups excluding tert-OH is 1. The van der Waals surface area contributed by atoms with Crippen LogP contribution in [0, 0.1) is 11.3 Å². The van der Waals surface area contributed by atoms with Crippen molar-refractivity contribution < 1.29 is 23.0 Å². The molecule has 0 saturated carbocycles. The highest BCUT2D eigenvalue weighted by molar-refractivity contribution is 7.89. The van der Waals surface area contributed by atoms with Gasteiger partial charge in [-0.1, -0.05) is 18.2 Å². The van der Waals surface area contributed by atoms with E-state index in [1.807, 2.05) is 44.2 Å². The third-order valence-corrected chi connectivity index (χ3v) is 8.23. The summed E-state index contributed by atoms with van der Waals surface area (Å²) in [6, 6.07) is 14.3. The normalized spacial score (nSPS) is 21.4. The second kappa shape index (κ2) is 13.1. The Balaban J connectivity index is 0.00000481. The number of aliphatic hydroxyl groups is 1. The lowest BCUT2D eigenvalue weighted by Crippen LogP contribution is -2.41. The number of benzene rings is 2. The molecule has 0 bridgehead atoms. The molecule has 204 valence electrons. The van der Waals surface area contributed by atoms with Gasteiger partial charge in [0.1, 0.15) is 24.1 Å². The number of nitriles is 1. The van der Waals surface area contributed by atoms with Crippen LogP contribution in [-0.2, 0) is 10.0 Å². The number of rotatable bonds is 11. The molecule has 4 unspecified atom stereocenters. The average Bonchev–Trinajstić information content (AvgIpc) is 3.19. The number of nitrogens with two attached hydrogens (primary N) is 1. The molecule has 1 fully saturated rings. The van der Waals surface area contributed by atoms with Gasteiger partial charge in [-0.25, -0.2) is 13.1 Å². The summed E-state index contributed by atoms with van der Waals surface area (Å²) >= 11 is 6.21. The van der Waals surface area contributed by atoms with Crippen LogP contribution < -0.4 is 25.2 Å². The molecule has 1 heterocycles. The molecule has 1 aliphatic rings. The zero-order chi connectivity index (χ0) is 26.5. The van der Waals surface area contributed by atoms with Gasteiger partial charge in [0.05, 0.1) is 35.6 Å². The molecule has 1 aliphatic heterocycles. The topological polar surface area (TPSA) is 147 Å². The number of nitrogens with one attached hydrogen (secondary N) is 2. The van der Waals surface area contributed by atoms with Crippen molar-refractivity contribution >= 4 is 34.0 Å². The van der Waals surface area contributed by atoms with Gasteiger partial charge in [0.2, 0.25) is 10.0 Å². The summed E-state index contributed by atoms with van der Waals surface area (Å²) in [5.74, 6) is 0.877. The summed E-state index contributed by atoms with van der Waals surface area (Å²) in [7, 11) is -2.30. The fourth-order valence-electron chi connectivity index (χ4n) is 4.17. The van der Waals surface area contributed by atoms with E-state index < -0.39 is 39.1 Å². The fourth-order valence-corrected chi connectivity index (χ4v) is 5.84. The van der Waals surface area contributed by atoms with Crippen molar-refractivity contribution in [3.8, 4) is 17.6 Å². The van der Waals surface area contributed by atoms with Crippen LogP contribution in [0.15, 0.2) is 53.4 Å². The van der Waals surface area contributed by atoms with Crippen molar-refractivity contribution in [2.24, 2.45) is 5.73 Å². The molecule has 0 amide bonds. The quantitative estimate of drug-likeness (QED) is 0.300. The van der Waals surface area contributed by atoms with E-state index in [0.717, 1.165) is 11.3 Å². The van der Waals surface area contributed by atoms with Gasteiger partial charge in [0.25, 0.3) is 0 Å². The van der Waals surface area contributed by atoms with Crippen molar-refractivity contribution in [1.29, 1.82) is 5.26 Å². The summed E-state index contributed by atoms with van der Waals surface area (Å²) < 4.78 is 39.2. The molecule has 1 saturated heterocycles. The number of alkyl halides is 1. The fraction of sp³-hybridized carbons (Fsp3) is 0.480. The van der Waals surface area contributed by atoms with Crippen LogP contribution in [-0.4, -0.2) is 62.9 Å². The van der Waals surface area contributed by atoms with Gasteiger partial charge in [0.15, 0.2) is 0 Å². The van der Waals surface area contributed by atoms with Crippen LogP contribution in [0.2, 0.25) is 0 Å². The largest absolute Gasteiger partial charge is 0.497 e. The molecule has 0 aromatic heterocycles. The number of hydrogen-bond donors (Lipinski definition) is 4. The van der Waals surface area contributed by atoms with E-state index in [9.17, 15) is 13.5 Å². The average molecular weight is 574 g/mol. The van der Waals surface area contributed by atoms with E-state index in [4.69, 9.17) is 32.1 Å². The van der Waals surface area contributed by atoms with Gasteiger partial charge in [-0.3, -0.25) is 5.32 Å². The number of nitrogens with zero attached hydrogens (tertiary/aromatic N) is 1. The van der Waals surface area contributed by atoms with Gasteiger partial charge in [-0.05, 0) is 50.1 Å². The van der Waals surface area contributed by atoms with E-state index >= 15 is 0 Å². The molecular formula is C25H34Cl2N4O5S. The van der Waals surface area contributed by atoms with Gasteiger partial charge in [0, 0.05) is 24.1 Å². The standard InChI is InChI=1S/C25H33ClN4O5S.ClH/c1-25(2,28)21(16-7-9-18(34-3)10-8-16)11-17(31)15-35-19-5-4-6-20(12-19)36(32,33)30-23-14-29-22(13-27)24(23)26;/h4-10,12,17,21-24,29-31H,11,14-15,28H2,1-3H3;1H/t17-,21?,22?,23?,24?;/m1./s1. The zero-order valence-corrected chi connectivity index (χ0v) is 23.3. The lowest BCUT2D eigenvalue weighted by molar-refractivity contribution is 0.0860. The first-order chi connectivity index (χ1) is 16.9. The van der Waals surface area contributed by atoms with Crippen LogP contribution in [0.1, 0.15) is 31.7 Å². The second-order valence-corrected chi connectivity index (χ2v) is 11.7. The predicted octanol–water partition coefficient (Wildman–Crippen LogP) is 2.52. The Bertz CT molecular complexity index is 1170. The maximum Gasteiger partial charge on any atom is 0.241 e. The Hall–Kier alpha value is -2.10. The molecule has 2 aromatic carbocycles. The zero-order valence-electron chi connectivity index (χ0n) is 20.9. The first kappa shape index (κ1) is 31.1. The van der Waals surface area contributed by atoms with E-state index in [2.05, 4.69) is 10.0 Å². The molecule has 9 nitrogen and oxygen atoms in total. The van der Waals surface area contributed by atoms with Crippen molar-refractivity contribution in [3.05, 3.63) is 54.1 Å². The van der Waals surface area contributed by atoms with Crippen LogP contribution >= 0.6 is 24.0 Å². The molecule has 5 atom stereocenters. The summed E-state index contributed by atoms with van der Waals surface area (Å²) in [6.07, 6.45) is -0.496. The molecule has 5 N–H and O–H groups in total. The number of sulfonamides is 1. The van der Waals surface area contributed by atoms with Crippen molar-refractivity contribution in [2.45, 2.75) is 60.2 Å². The highest BCUT2D eigenvalue weighted by atomic mass is 35.5. The minimum absolute atomic E-state index is 0.